The molecular formula is C16H27N3O2. The van der Waals surface area contributed by atoms with Crippen LogP contribution < -0.4 is 0 Å². The van der Waals surface area contributed by atoms with E-state index >= 15 is 0 Å². The highest BCUT2D eigenvalue weighted by atomic mass is 16.3. The van der Waals surface area contributed by atoms with Crippen LogP contribution in [0.25, 0.3) is 0 Å². The van der Waals surface area contributed by atoms with E-state index in [1.165, 1.54) is 0 Å². The largest absolute Gasteiger partial charge is 0.396 e. The third-order valence-electron chi connectivity index (χ3n) is 4.56. The lowest BCUT2D eigenvalue weighted by atomic mass is 9.77. The van der Waals surface area contributed by atoms with E-state index in [0.717, 1.165) is 44.5 Å². The Balaban J connectivity index is 2.14. The summed E-state index contributed by atoms with van der Waals surface area (Å²) in [5, 5.41) is 14.2. The molecule has 0 aromatic carbocycles. The number of aromatic nitrogens is 2. The Bertz CT molecular complexity index is 494. The van der Waals surface area contributed by atoms with Crippen LogP contribution in [0.4, 0.5) is 0 Å². The van der Waals surface area contributed by atoms with Gasteiger partial charge in [-0.25, -0.2) is 0 Å². The van der Waals surface area contributed by atoms with Crippen LogP contribution >= 0.6 is 0 Å². The summed E-state index contributed by atoms with van der Waals surface area (Å²) in [6, 6.07) is 1.86. The molecule has 118 valence electrons. The molecule has 0 unspecified atom stereocenters. The Morgan fingerprint density at radius 2 is 2.24 bits per heavy atom. The summed E-state index contributed by atoms with van der Waals surface area (Å²) in [4.78, 5) is 14.5. The number of hydrogen-bond acceptors (Lipinski definition) is 3. The fourth-order valence-electron chi connectivity index (χ4n) is 3.42. The first-order valence-electron chi connectivity index (χ1n) is 8.00. The molecule has 1 aromatic heterocycles. The van der Waals surface area contributed by atoms with Gasteiger partial charge in [-0.1, -0.05) is 13.3 Å². The zero-order chi connectivity index (χ0) is 15.5. The standard InChI is InChI=1S/C16H27N3O2/c1-4-7-16(12-20)8-6-9-18(11-16)15(21)14-10-13(3)19(5-2)17-14/h10,20H,4-9,11-12H2,1-3H3/t16-/m0/s1. The van der Waals surface area contributed by atoms with Gasteiger partial charge < -0.3 is 10.0 Å². The molecule has 0 spiro atoms. The van der Waals surface area contributed by atoms with Crippen molar-refractivity contribution in [2.75, 3.05) is 19.7 Å². The van der Waals surface area contributed by atoms with Gasteiger partial charge in [-0.15, -0.1) is 0 Å². The zero-order valence-corrected chi connectivity index (χ0v) is 13.4. The quantitative estimate of drug-likeness (QED) is 0.905. The van der Waals surface area contributed by atoms with E-state index < -0.39 is 0 Å². The number of hydrogen-bond donors (Lipinski definition) is 1. The molecule has 1 fully saturated rings. The van der Waals surface area contributed by atoms with Gasteiger partial charge in [0, 0.05) is 30.7 Å². The molecule has 1 aromatic rings. The van der Waals surface area contributed by atoms with Crippen LogP contribution in [0.1, 0.15) is 55.7 Å². The van der Waals surface area contributed by atoms with Gasteiger partial charge in [0.05, 0.1) is 6.61 Å². The molecule has 1 aliphatic rings. The maximum absolute atomic E-state index is 12.7. The number of likely N-dealkylation sites (tertiary alicyclic amines) is 1. The van der Waals surface area contributed by atoms with E-state index in [2.05, 4.69) is 12.0 Å². The molecular weight excluding hydrogens is 266 g/mol. The maximum atomic E-state index is 12.7. The van der Waals surface area contributed by atoms with Gasteiger partial charge in [0.1, 0.15) is 0 Å². The number of aryl methyl sites for hydroxylation is 2. The van der Waals surface area contributed by atoms with Crippen molar-refractivity contribution in [3.63, 3.8) is 0 Å². The van der Waals surface area contributed by atoms with E-state index in [1.807, 2.05) is 29.5 Å². The summed E-state index contributed by atoms with van der Waals surface area (Å²) in [6.45, 7) is 8.47. The molecule has 0 aliphatic carbocycles. The fraction of sp³-hybridized carbons (Fsp3) is 0.750. The van der Waals surface area contributed by atoms with Crippen LogP contribution in [0.15, 0.2) is 6.07 Å². The summed E-state index contributed by atoms with van der Waals surface area (Å²) in [5.74, 6) is -0.000993. The van der Waals surface area contributed by atoms with E-state index in [4.69, 9.17) is 0 Å². The number of nitrogens with zero attached hydrogens (tertiary/aromatic N) is 3. The number of amides is 1. The first kappa shape index (κ1) is 16.0. The highest BCUT2D eigenvalue weighted by Crippen LogP contribution is 2.34. The van der Waals surface area contributed by atoms with Crippen molar-refractivity contribution in [2.24, 2.45) is 5.41 Å². The zero-order valence-electron chi connectivity index (χ0n) is 13.4. The molecule has 0 radical (unpaired) electrons. The Kier molecular flexibility index (Phi) is 5.04. The highest BCUT2D eigenvalue weighted by molar-refractivity contribution is 5.92. The molecule has 1 saturated heterocycles. The summed E-state index contributed by atoms with van der Waals surface area (Å²) in [7, 11) is 0. The second-order valence-electron chi connectivity index (χ2n) is 6.23. The average molecular weight is 293 g/mol. The molecule has 5 nitrogen and oxygen atoms in total. The third-order valence-corrected chi connectivity index (χ3v) is 4.56. The van der Waals surface area contributed by atoms with Crippen molar-refractivity contribution in [3.05, 3.63) is 17.5 Å². The average Bonchev–Trinajstić information content (AvgIpc) is 2.88. The number of carbonyl (C=O) groups is 1. The highest BCUT2D eigenvalue weighted by Gasteiger charge is 2.36. The Labute approximate surface area is 126 Å². The lowest BCUT2D eigenvalue weighted by molar-refractivity contribution is 0.0218. The second kappa shape index (κ2) is 6.60. The Hall–Kier alpha value is -1.36. The van der Waals surface area contributed by atoms with E-state index in [9.17, 15) is 9.90 Å². The monoisotopic (exact) mass is 293 g/mol. The normalized spacial score (nSPS) is 22.6. The van der Waals surface area contributed by atoms with E-state index in [0.29, 0.717) is 12.2 Å². The topological polar surface area (TPSA) is 58.4 Å². The first-order chi connectivity index (χ1) is 10.0. The van der Waals surface area contributed by atoms with Crippen molar-refractivity contribution in [1.82, 2.24) is 14.7 Å². The number of aliphatic hydroxyl groups is 1. The lowest BCUT2D eigenvalue weighted by Crippen LogP contribution is -2.48. The summed E-state index contributed by atoms with van der Waals surface area (Å²) in [6.07, 6.45) is 3.96. The molecule has 1 N–H and O–H groups in total. The van der Waals surface area contributed by atoms with Crippen LogP contribution in [0.5, 0.6) is 0 Å². The maximum Gasteiger partial charge on any atom is 0.274 e. The van der Waals surface area contributed by atoms with Gasteiger partial charge in [0.25, 0.3) is 5.91 Å². The van der Waals surface area contributed by atoms with E-state index in [-0.39, 0.29) is 17.9 Å². The number of aliphatic hydroxyl groups excluding tert-OH is 1. The Morgan fingerprint density at radius 1 is 1.48 bits per heavy atom. The molecule has 2 rings (SSSR count). The van der Waals surface area contributed by atoms with E-state index in [1.54, 1.807) is 0 Å². The van der Waals surface area contributed by atoms with Gasteiger partial charge >= 0.3 is 0 Å². The van der Waals surface area contributed by atoms with Crippen molar-refractivity contribution in [3.8, 4) is 0 Å². The number of rotatable bonds is 5. The van der Waals surface area contributed by atoms with Crippen molar-refractivity contribution >= 4 is 5.91 Å². The molecule has 21 heavy (non-hydrogen) atoms. The van der Waals surface area contributed by atoms with Crippen molar-refractivity contribution in [2.45, 2.75) is 53.0 Å². The minimum Gasteiger partial charge on any atom is -0.396 e. The molecule has 1 amide bonds. The number of piperidine rings is 1. The van der Waals surface area contributed by atoms with Gasteiger partial charge in [-0.05, 0) is 39.2 Å². The van der Waals surface area contributed by atoms with Crippen LogP contribution in [0.3, 0.4) is 0 Å². The fourth-order valence-corrected chi connectivity index (χ4v) is 3.42. The second-order valence-corrected chi connectivity index (χ2v) is 6.23. The predicted molar refractivity (Wildman–Crippen MR) is 82.2 cm³/mol. The van der Waals surface area contributed by atoms with Crippen LogP contribution in [-0.2, 0) is 6.54 Å². The van der Waals surface area contributed by atoms with Crippen molar-refractivity contribution < 1.29 is 9.90 Å². The molecule has 5 heteroatoms. The smallest absolute Gasteiger partial charge is 0.274 e. The van der Waals surface area contributed by atoms with Gasteiger partial charge in [-0.2, -0.15) is 5.10 Å². The van der Waals surface area contributed by atoms with Crippen LogP contribution in [-0.4, -0.2) is 45.4 Å². The summed E-state index contributed by atoms with van der Waals surface area (Å²) >= 11 is 0. The molecule has 2 heterocycles. The Morgan fingerprint density at radius 3 is 2.81 bits per heavy atom. The molecule has 0 bridgehead atoms. The van der Waals surface area contributed by atoms with Gasteiger partial charge in [0.15, 0.2) is 5.69 Å². The summed E-state index contributed by atoms with van der Waals surface area (Å²) in [5.41, 5.74) is 1.42. The first-order valence-corrected chi connectivity index (χ1v) is 8.00. The minimum absolute atomic E-state index is 0.000993. The SMILES string of the molecule is CCC[C@]1(CO)CCCN(C(=O)c2cc(C)n(CC)n2)C1. The molecule has 0 saturated carbocycles. The summed E-state index contributed by atoms with van der Waals surface area (Å²) < 4.78 is 1.85. The predicted octanol–water partition coefficient (Wildman–Crippen LogP) is 2.23. The van der Waals surface area contributed by atoms with Crippen molar-refractivity contribution in [1.29, 1.82) is 0 Å². The lowest BCUT2D eigenvalue weighted by Gasteiger charge is -2.41. The van der Waals surface area contributed by atoms with Crippen LogP contribution in [0.2, 0.25) is 0 Å². The number of carbonyl (C=O) groups excluding carboxylic acids is 1. The van der Waals surface area contributed by atoms with Gasteiger partial charge in [-0.3, -0.25) is 9.48 Å². The minimum atomic E-state index is -0.120. The van der Waals surface area contributed by atoms with Crippen LogP contribution in [0, 0.1) is 12.3 Å². The van der Waals surface area contributed by atoms with Gasteiger partial charge in [0.2, 0.25) is 0 Å². The molecule has 1 atom stereocenters. The molecule has 1 aliphatic heterocycles. The third kappa shape index (κ3) is 3.28.